The van der Waals surface area contributed by atoms with E-state index in [1.54, 1.807) is 0 Å². The van der Waals surface area contributed by atoms with Crippen LogP contribution in [0, 0.1) is 5.92 Å². The zero-order chi connectivity index (χ0) is 11.1. The van der Waals surface area contributed by atoms with E-state index in [0.717, 1.165) is 19.4 Å². The molecule has 4 nitrogen and oxygen atoms in total. The number of ether oxygens (including phenoxy) is 2. The molecule has 1 fully saturated rings. The lowest BCUT2D eigenvalue weighted by atomic mass is 10.0. The maximum Gasteiger partial charge on any atom is 0.312 e. The summed E-state index contributed by atoms with van der Waals surface area (Å²) in [5, 5.41) is 3.31. The predicted octanol–water partition coefficient (Wildman–Crippen LogP) is 0.954. The second kappa shape index (κ2) is 6.80. The number of carbonyl (C=O) groups is 1. The van der Waals surface area contributed by atoms with Gasteiger partial charge in [-0.25, -0.2) is 0 Å². The van der Waals surface area contributed by atoms with E-state index in [1.165, 1.54) is 0 Å². The molecular formula is C11H21NO3. The molecule has 4 heteroatoms. The van der Waals surface area contributed by atoms with Crippen molar-refractivity contribution in [3.8, 4) is 0 Å². The molecule has 0 saturated carbocycles. The Hall–Kier alpha value is -0.610. The van der Waals surface area contributed by atoms with E-state index in [2.05, 4.69) is 12.2 Å². The summed E-state index contributed by atoms with van der Waals surface area (Å²) in [5.74, 6) is -0.244. The van der Waals surface area contributed by atoms with Crippen LogP contribution in [-0.4, -0.2) is 38.4 Å². The van der Waals surface area contributed by atoms with Crippen molar-refractivity contribution in [3.05, 3.63) is 0 Å². The Kier molecular flexibility index (Phi) is 5.65. The first-order valence-electron chi connectivity index (χ1n) is 5.77. The normalized spacial score (nSPS) is 25.5. The van der Waals surface area contributed by atoms with E-state index in [9.17, 15) is 4.79 Å². The molecule has 1 aliphatic heterocycles. The fourth-order valence-corrected chi connectivity index (χ4v) is 1.63. The van der Waals surface area contributed by atoms with E-state index in [1.807, 2.05) is 6.92 Å². The first kappa shape index (κ1) is 12.5. The van der Waals surface area contributed by atoms with Crippen LogP contribution in [0.5, 0.6) is 0 Å². The predicted molar refractivity (Wildman–Crippen MR) is 57.6 cm³/mol. The molecule has 88 valence electrons. The van der Waals surface area contributed by atoms with Crippen molar-refractivity contribution in [1.29, 1.82) is 0 Å². The Labute approximate surface area is 91.3 Å². The summed E-state index contributed by atoms with van der Waals surface area (Å²) >= 11 is 0. The maximum atomic E-state index is 11.6. The highest BCUT2D eigenvalue weighted by Gasteiger charge is 2.34. The van der Waals surface area contributed by atoms with Crippen LogP contribution in [0.4, 0.5) is 0 Å². The molecule has 1 heterocycles. The molecule has 0 aromatic heterocycles. The highest BCUT2D eigenvalue weighted by molar-refractivity contribution is 5.73. The average Bonchev–Trinajstić information content (AvgIpc) is 2.71. The van der Waals surface area contributed by atoms with Gasteiger partial charge in [-0.3, -0.25) is 4.79 Å². The summed E-state index contributed by atoms with van der Waals surface area (Å²) in [5.41, 5.74) is 0. The molecule has 2 atom stereocenters. The lowest BCUT2D eigenvalue weighted by molar-refractivity contribution is -0.149. The van der Waals surface area contributed by atoms with Crippen molar-refractivity contribution in [2.24, 2.45) is 5.92 Å². The molecule has 0 amide bonds. The van der Waals surface area contributed by atoms with Crippen LogP contribution in [0.1, 0.15) is 26.7 Å². The number of nitrogens with one attached hydrogen (secondary N) is 1. The molecule has 0 aromatic rings. The standard InChI is InChI=1S/C11H21NO3/c1-3-5-12-10-8-14-7-9(10)11(13)15-6-4-2/h9-10,12H,3-8H2,1-2H3. The third-order valence-electron chi connectivity index (χ3n) is 2.49. The number of rotatable bonds is 6. The largest absolute Gasteiger partial charge is 0.465 e. The molecule has 15 heavy (non-hydrogen) atoms. The maximum absolute atomic E-state index is 11.6. The van der Waals surface area contributed by atoms with Crippen LogP contribution in [0.2, 0.25) is 0 Å². The van der Waals surface area contributed by atoms with Crippen molar-refractivity contribution in [1.82, 2.24) is 5.32 Å². The van der Waals surface area contributed by atoms with Gasteiger partial charge in [-0.1, -0.05) is 13.8 Å². The molecule has 0 radical (unpaired) electrons. The van der Waals surface area contributed by atoms with Crippen LogP contribution >= 0.6 is 0 Å². The summed E-state index contributed by atoms with van der Waals surface area (Å²) in [4.78, 5) is 11.6. The minimum absolute atomic E-state index is 0.122. The summed E-state index contributed by atoms with van der Waals surface area (Å²) in [6.07, 6.45) is 1.93. The van der Waals surface area contributed by atoms with E-state index in [4.69, 9.17) is 9.47 Å². The second-order valence-electron chi connectivity index (χ2n) is 3.87. The molecule has 1 aliphatic rings. The van der Waals surface area contributed by atoms with Crippen LogP contribution in [0.3, 0.4) is 0 Å². The first-order chi connectivity index (χ1) is 7.29. The topological polar surface area (TPSA) is 47.6 Å². The highest BCUT2D eigenvalue weighted by atomic mass is 16.5. The molecular weight excluding hydrogens is 194 g/mol. The van der Waals surface area contributed by atoms with Crippen molar-refractivity contribution in [3.63, 3.8) is 0 Å². The Morgan fingerprint density at radius 2 is 2.20 bits per heavy atom. The van der Waals surface area contributed by atoms with Gasteiger partial charge in [0.15, 0.2) is 0 Å². The van der Waals surface area contributed by atoms with Gasteiger partial charge in [0.25, 0.3) is 0 Å². The molecule has 1 N–H and O–H groups in total. The minimum atomic E-state index is -0.122. The van der Waals surface area contributed by atoms with Crippen LogP contribution < -0.4 is 5.32 Å². The second-order valence-corrected chi connectivity index (χ2v) is 3.87. The van der Waals surface area contributed by atoms with E-state index in [0.29, 0.717) is 19.8 Å². The van der Waals surface area contributed by atoms with Gasteiger partial charge < -0.3 is 14.8 Å². The lowest BCUT2D eigenvalue weighted by Gasteiger charge is -2.17. The van der Waals surface area contributed by atoms with E-state index >= 15 is 0 Å². The summed E-state index contributed by atoms with van der Waals surface area (Å²) < 4.78 is 10.4. The van der Waals surface area contributed by atoms with E-state index < -0.39 is 0 Å². The fourth-order valence-electron chi connectivity index (χ4n) is 1.63. The zero-order valence-electron chi connectivity index (χ0n) is 9.62. The van der Waals surface area contributed by atoms with Gasteiger partial charge in [0.05, 0.1) is 25.7 Å². The van der Waals surface area contributed by atoms with E-state index in [-0.39, 0.29) is 17.9 Å². The summed E-state index contributed by atoms with van der Waals surface area (Å²) in [6, 6.07) is 0.134. The number of esters is 1. The minimum Gasteiger partial charge on any atom is -0.465 e. The summed E-state index contributed by atoms with van der Waals surface area (Å²) in [7, 11) is 0. The molecule has 1 saturated heterocycles. The highest BCUT2D eigenvalue weighted by Crippen LogP contribution is 2.15. The Morgan fingerprint density at radius 3 is 2.87 bits per heavy atom. The average molecular weight is 215 g/mol. The molecule has 0 spiro atoms. The van der Waals surface area contributed by atoms with Crippen molar-refractivity contribution >= 4 is 5.97 Å². The fraction of sp³-hybridized carbons (Fsp3) is 0.909. The molecule has 0 aromatic carbocycles. The Bertz CT molecular complexity index is 196. The number of carbonyl (C=O) groups excluding carboxylic acids is 1. The van der Waals surface area contributed by atoms with Crippen LogP contribution in [0.15, 0.2) is 0 Å². The third-order valence-corrected chi connectivity index (χ3v) is 2.49. The number of hydrogen-bond acceptors (Lipinski definition) is 4. The third kappa shape index (κ3) is 3.80. The first-order valence-corrected chi connectivity index (χ1v) is 5.77. The molecule has 0 bridgehead atoms. The van der Waals surface area contributed by atoms with Gasteiger partial charge in [-0.15, -0.1) is 0 Å². The van der Waals surface area contributed by atoms with Crippen LogP contribution in [0.25, 0.3) is 0 Å². The lowest BCUT2D eigenvalue weighted by Crippen LogP contribution is -2.40. The Morgan fingerprint density at radius 1 is 1.40 bits per heavy atom. The smallest absolute Gasteiger partial charge is 0.312 e. The van der Waals surface area contributed by atoms with Gasteiger partial charge in [-0.2, -0.15) is 0 Å². The van der Waals surface area contributed by atoms with Crippen molar-refractivity contribution < 1.29 is 14.3 Å². The molecule has 2 unspecified atom stereocenters. The van der Waals surface area contributed by atoms with Crippen molar-refractivity contribution in [2.45, 2.75) is 32.7 Å². The summed E-state index contributed by atoms with van der Waals surface area (Å²) in [6.45, 7) is 6.63. The van der Waals surface area contributed by atoms with Crippen LogP contribution in [-0.2, 0) is 14.3 Å². The monoisotopic (exact) mass is 215 g/mol. The van der Waals surface area contributed by atoms with Gasteiger partial charge in [-0.05, 0) is 19.4 Å². The van der Waals surface area contributed by atoms with Gasteiger partial charge >= 0.3 is 5.97 Å². The Balaban J connectivity index is 2.34. The zero-order valence-corrected chi connectivity index (χ0v) is 9.62. The number of hydrogen-bond donors (Lipinski definition) is 1. The quantitative estimate of drug-likeness (QED) is 0.670. The van der Waals surface area contributed by atoms with Gasteiger partial charge in [0, 0.05) is 6.04 Å². The van der Waals surface area contributed by atoms with Gasteiger partial charge in [0.2, 0.25) is 0 Å². The molecule has 0 aliphatic carbocycles. The molecule has 1 rings (SSSR count). The van der Waals surface area contributed by atoms with Gasteiger partial charge in [0.1, 0.15) is 0 Å². The SMILES string of the molecule is CCCNC1COCC1C(=O)OCCC. The van der Waals surface area contributed by atoms with Crippen molar-refractivity contribution in [2.75, 3.05) is 26.4 Å².